The average Bonchev–Trinajstić information content (AvgIpc) is 3.21. The van der Waals surface area contributed by atoms with Gasteiger partial charge >= 0.3 is 0 Å². The fraction of sp³-hybridized carbons (Fsp3) is 0.0526. The second kappa shape index (κ2) is 5.19. The zero-order valence-corrected chi connectivity index (χ0v) is 14.1. The highest BCUT2D eigenvalue weighted by atomic mass is 32.1. The van der Waals surface area contributed by atoms with Gasteiger partial charge in [-0.15, -0.1) is 11.3 Å². The number of hydrogen-bond acceptors (Lipinski definition) is 5. The average molecular weight is 345 g/mol. The van der Waals surface area contributed by atoms with Crippen molar-refractivity contribution in [2.24, 2.45) is 0 Å². The van der Waals surface area contributed by atoms with E-state index in [4.69, 9.17) is 11.5 Å². The predicted molar refractivity (Wildman–Crippen MR) is 105 cm³/mol. The van der Waals surface area contributed by atoms with Gasteiger partial charge < -0.3 is 16.0 Å². The molecule has 0 radical (unpaired) electrons. The molecule has 0 unspecified atom stereocenters. The minimum atomic E-state index is 0.202. The lowest BCUT2D eigenvalue weighted by Crippen LogP contribution is -2.01. The van der Waals surface area contributed by atoms with Gasteiger partial charge in [-0.2, -0.15) is 4.98 Å². The fourth-order valence-electron chi connectivity index (χ4n) is 3.40. The number of hydrogen-bond donors (Lipinski definition) is 2. The molecule has 0 aliphatic carbocycles. The van der Waals surface area contributed by atoms with Crippen LogP contribution >= 0.6 is 11.3 Å². The smallest absolute Gasteiger partial charge is 0.222 e. The summed E-state index contributed by atoms with van der Waals surface area (Å²) in [4.78, 5) is 8.40. The molecule has 0 saturated heterocycles. The molecule has 0 fully saturated rings. The highest BCUT2D eigenvalue weighted by molar-refractivity contribution is 7.17. The van der Waals surface area contributed by atoms with Crippen LogP contribution in [-0.4, -0.2) is 14.5 Å². The van der Waals surface area contributed by atoms with E-state index in [1.165, 1.54) is 15.6 Å². The molecule has 4 N–H and O–H groups in total. The number of nitrogens with two attached hydrogens (primary N) is 2. The number of rotatable bonds is 2. The van der Waals surface area contributed by atoms with E-state index in [9.17, 15) is 0 Å². The van der Waals surface area contributed by atoms with Crippen molar-refractivity contribution in [1.82, 2.24) is 14.5 Å². The van der Waals surface area contributed by atoms with Gasteiger partial charge in [-0.25, -0.2) is 4.98 Å². The molecular weight excluding hydrogens is 330 g/mol. The minimum absolute atomic E-state index is 0.202. The lowest BCUT2D eigenvalue weighted by molar-refractivity contribution is 0.838. The van der Waals surface area contributed by atoms with Crippen molar-refractivity contribution in [2.75, 3.05) is 11.5 Å². The van der Waals surface area contributed by atoms with E-state index in [2.05, 4.69) is 62.5 Å². The Morgan fingerprint density at radius 3 is 2.84 bits per heavy atom. The summed E-state index contributed by atoms with van der Waals surface area (Å²) >= 11 is 1.77. The molecule has 0 atom stereocenters. The Morgan fingerprint density at radius 1 is 1.00 bits per heavy atom. The van der Waals surface area contributed by atoms with Crippen molar-refractivity contribution in [3.8, 4) is 0 Å². The number of aromatic nitrogens is 3. The van der Waals surface area contributed by atoms with Crippen LogP contribution in [0.3, 0.4) is 0 Å². The summed E-state index contributed by atoms with van der Waals surface area (Å²) < 4.78 is 3.53. The third-order valence-corrected chi connectivity index (χ3v) is 5.42. The molecular formula is C19H15N5S. The molecule has 6 heteroatoms. The van der Waals surface area contributed by atoms with E-state index >= 15 is 0 Å². The van der Waals surface area contributed by atoms with Gasteiger partial charge in [0.1, 0.15) is 5.82 Å². The van der Waals surface area contributed by atoms with Gasteiger partial charge in [-0.1, -0.05) is 6.07 Å². The summed E-state index contributed by atoms with van der Waals surface area (Å²) in [7, 11) is 0. The number of nitrogens with zero attached hydrogens (tertiary/aromatic N) is 3. The molecule has 0 saturated carbocycles. The SMILES string of the molecule is Nc1nc(N)c2c(ccc3c2ccn3Cc2ccc3sccc3c2)n1. The van der Waals surface area contributed by atoms with E-state index in [-0.39, 0.29) is 5.95 Å². The van der Waals surface area contributed by atoms with E-state index in [1.54, 1.807) is 11.3 Å². The fourth-order valence-corrected chi connectivity index (χ4v) is 4.17. The zero-order valence-electron chi connectivity index (χ0n) is 13.3. The zero-order chi connectivity index (χ0) is 17.0. The third kappa shape index (κ3) is 2.22. The van der Waals surface area contributed by atoms with E-state index in [0.717, 1.165) is 28.4 Å². The van der Waals surface area contributed by atoms with Crippen LogP contribution in [-0.2, 0) is 6.54 Å². The number of anilines is 2. The molecule has 25 heavy (non-hydrogen) atoms. The van der Waals surface area contributed by atoms with Gasteiger partial charge in [0.25, 0.3) is 0 Å². The first-order valence-corrected chi connectivity index (χ1v) is 8.84. The van der Waals surface area contributed by atoms with Gasteiger partial charge in [0.05, 0.1) is 10.9 Å². The molecule has 3 aromatic heterocycles. The highest BCUT2D eigenvalue weighted by Gasteiger charge is 2.11. The van der Waals surface area contributed by atoms with Gasteiger partial charge in [0.15, 0.2) is 0 Å². The Balaban J connectivity index is 1.65. The van der Waals surface area contributed by atoms with Crippen LogP contribution < -0.4 is 11.5 Å². The molecule has 5 nitrogen and oxygen atoms in total. The lowest BCUT2D eigenvalue weighted by atomic mass is 10.1. The first-order chi connectivity index (χ1) is 12.2. The Hall–Kier alpha value is -3.12. The quantitative estimate of drug-likeness (QED) is 0.506. The summed E-state index contributed by atoms with van der Waals surface area (Å²) in [6, 6.07) is 14.9. The van der Waals surface area contributed by atoms with Crippen LogP contribution in [0.15, 0.2) is 54.0 Å². The molecule has 0 bridgehead atoms. The van der Waals surface area contributed by atoms with E-state index in [1.807, 2.05) is 6.07 Å². The number of fused-ring (bicyclic) bond motifs is 4. The van der Waals surface area contributed by atoms with Crippen LogP contribution in [0, 0.1) is 0 Å². The third-order valence-electron chi connectivity index (χ3n) is 4.53. The monoisotopic (exact) mass is 345 g/mol. The number of benzene rings is 2. The first kappa shape index (κ1) is 14.2. The van der Waals surface area contributed by atoms with Gasteiger partial charge in [-0.3, -0.25) is 0 Å². The topological polar surface area (TPSA) is 82.7 Å². The molecule has 0 aliphatic rings. The Morgan fingerprint density at radius 2 is 1.92 bits per heavy atom. The molecule has 5 aromatic rings. The predicted octanol–water partition coefficient (Wildman–Crippen LogP) is 4.01. The van der Waals surface area contributed by atoms with Crippen LogP contribution in [0.4, 0.5) is 11.8 Å². The summed E-state index contributed by atoms with van der Waals surface area (Å²) in [5.74, 6) is 0.624. The van der Waals surface area contributed by atoms with E-state index in [0.29, 0.717) is 5.82 Å². The number of thiophene rings is 1. The molecule has 2 aromatic carbocycles. The van der Waals surface area contributed by atoms with Crippen LogP contribution in [0.1, 0.15) is 5.56 Å². The molecule has 122 valence electrons. The van der Waals surface area contributed by atoms with Crippen molar-refractivity contribution in [3.63, 3.8) is 0 Å². The van der Waals surface area contributed by atoms with Crippen molar-refractivity contribution >= 4 is 55.0 Å². The Labute approximate surface area is 147 Å². The molecule has 0 aliphatic heterocycles. The first-order valence-electron chi connectivity index (χ1n) is 7.96. The van der Waals surface area contributed by atoms with Gasteiger partial charge in [0.2, 0.25) is 5.95 Å². The van der Waals surface area contributed by atoms with Gasteiger partial charge in [0, 0.05) is 28.3 Å². The summed E-state index contributed by atoms with van der Waals surface area (Å²) in [5.41, 5.74) is 15.0. The van der Waals surface area contributed by atoms with Crippen molar-refractivity contribution in [3.05, 3.63) is 59.6 Å². The second-order valence-corrected chi connectivity index (χ2v) is 7.04. The molecule has 0 spiro atoms. The second-order valence-electron chi connectivity index (χ2n) is 6.10. The highest BCUT2D eigenvalue weighted by Crippen LogP contribution is 2.30. The standard InChI is InChI=1S/C19H15N5S/c20-18-17-13-5-7-24(15(13)3-2-14(17)22-19(21)23-18)10-11-1-4-16-12(9-11)6-8-25-16/h1-9H,10H2,(H4,20,21,22,23). The lowest BCUT2D eigenvalue weighted by Gasteiger charge is -2.08. The molecule has 5 rings (SSSR count). The molecule has 3 heterocycles. The maximum Gasteiger partial charge on any atom is 0.222 e. The minimum Gasteiger partial charge on any atom is -0.383 e. The summed E-state index contributed by atoms with van der Waals surface area (Å²) in [6.45, 7) is 0.802. The van der Waals surface area contributed by atoms with Crippen LogP contribution in [0.25, 0.3) is 31.9 Å². The largest absolute Gasteiger partial charge is 0.383 e. The molecule has 0 amide bonds. The maximum absolute atomic E-state index is 6.10. The van der Waals surface area contributed by atoms with Gasteiger partial charge in [-0.05, 0) is 52.7 Å². The van der Waals surface area contributed by atoms with Crippen molar-refractivity contribution < 1.29 is 0 Å². The van der Waals surface area contributed by atoms with E-state index < -0.39 is 0 Å². The maximum atomic E-state index is 6.10. The normalized spacial score (nSPS) is 11.7. The summed E-state index contributed by atoms with van der Waals surface area (Å²) in [6.07, 6.45) is 2.08. The summed E-state index contributed by atoms with van der Waals surface area (Å²) in [5, 5.41) is 5.32. The Bertz CT molecular complexity index is 1250. The Kier molecular flexibility index (Phi) is 2.96. The van der Waals surface area contributed by atoms with Crippen molar-refractivity contribution in [1.29, 1.82) is 0 Å². The van der Waals surface area contributed by atoms with Crippen molar-refractivity contribution in [2.45, 2.75) is 6.54 Å². The van der Waals surface area contributed by atoms with Crippen LogP contribution in [0.5, 0.6) is 0 Å². The van der Waals surface area contributed by atoms with Crippen LogP contribution in [0.2, 0.25) is 0 Å². The number of nitrogen functional groups attached to an aromatic ring is 2.